The second-order valence-corrected chi connectivity index (χ2v) is 5.50. The summed E-state index contributed by atoms with van der Waals surface area (Å²) in [5.74, 6) is -0.560. The second kappa shape index (κ2) is 3.22. The molecule has 0 radical (unpaired) electrons. The maximum absolute atomic E-state index is 12.2. The summed E-state index contributed by atoms with van der Waals surface area (Å²) in [6.07, 6.45) is 5.87. The Morgan fingerprint density at radius 3 is 2.56 bits per heavy atom. The molecule has 0 aromatic carbocycles. The Morgan fingerprint density at radius 1 is 1.25 bits per heavy atom. The van der Waals surface area contributed by atoms with Crippen molar-refractivity contribution in [2.45, 2.75) is 44.6 Å². The van der Waals surface area contributed by atoms with Crippen LogP contribution in [0.1, 0.15) is 38.5 Å². The van der Waals surface area contributed by atoms with E-state index in [1.807, 2.05) is 0 Å². The zero-order valence-electron chi connectivity index (χ0n) is 9.32. The smallest absolute Gasteiger partial charge is 0.326 e. The summed E-state index contributed by atoms with van der Waals surface area (Å²) in [4.78, 5) is 24.9. The van der Waals surface area contributed by atoms with Gasteiger partial charge < -0.3 is 10.0 Å². The van der Waals surface area contributed by atoms with Gasteiger partial charge in [0.1, 0.15) is 6.04 Å². The molecule has 4 nitrogen and oxygen atoms in total. The molecule has 1 spiro atoms. The number of carboxylic acids is 1. The van der Waals surface area contributed by atoms with Crippen molar-refractivity contribution in [2.75, 3.05) is 6.54 Å². The minimum Gasteiger partial charge on any atom is -0.480 e. The first kappa shape index (κ1) is 10.1. The Labute approximate surface area is 94.6 Å². The molecule has 2 saturated carbocycles. The fourth-order valence-corrected chi connectivity index (χ4v) is 3.06. The van der Waals surface area contributed by atoms with E-state index in [0.717, 1.165) is 19.3 Å². The molecule has 2 unspecified atom stereocenters. The lowest BCUT2D eigenvalue weighted by Gasteiger charge is -2.33. The van der Waals surface area contributed by atoms with E-state index in [1.165, 1.54) is 12.8 Å². The number of carboxylic acid groups (broad SMARTS) is 1. The average Bonchev–Trinajstić information content (AvgIpc) is 3.19. The van der Waals surface area contributed by atoms with Gasteiger partial charge in [0.15, 0.2) is 0 Å². The molecular formula is C12H17NO3. The largest absolute Gasteiger partial charge is 0.480 e. The number of aliphatic carboxylic acids is 1. The number of hydrogen-bond donors (Lipinski definition) is 1. The van der Waals surface area contributed by atoms with Gasteiger partial charge >= 0.3 is 5.97 Å². The molecule has 1 N–H and O–H groups in total. The van der Waals surface area contributed by atoms with Crippen LogP contribution in [0.15, 0.2) is 0 Å². The van der Waals surface area contributed by atoms with Gasteiger partial charge in [0.25, 0.3) is 0 Å². The van der Waals surface area contributed by atoms with Gasteiger partial charge in [-0.05, 0) is 43.9 Å². The topological polar surface area (TPSA) is 57.6 Å². The van der Waals surface area contributed by atoms with Crippen molar-refractivity contribution in [3.8, 4) is 0 Å². The van der Waals surface area contributed by atoms with Gasteiger partial charge in [0, 0.05) is 12.5 Å². The molecule has 16 heavy (non-hydrogen) atoms. The van der Waals surface area contributed by atoms with Crippen molar-refractivity contribution in [2.24, 2.45) is 11.3 Å². The lowest BCUT2D eigenvalue weighted by atomic mass is 10.0. The summed E-state index contributed by atoms with van der Waals surface area (Å²) in [5, 5.41) is 9.11. The third-order valence-electron chi connectivity index (χ3n) is 4.45. The highest BCUT2D eigenvalue weighted by atomic mass is 16.4. The Morgan fingerprint density at radius 2 is 2.00 bits per heavy atom. The molecule has 2 atom stereocenters. The Kier molecular flexibility index (Phi) is 2.03. The average molecular weight is 223 g/mol. The molecule has 3 aliphatic rings. The van der Waals surface area contributed by atoms with Gasteiger partial charge in [-0.2, -0.15) is 0 Å². The van der Waals surface area contributed by atoms with E-state index >= 15 is 0 Å². The van der Waals surface area contributed by atoms with E-state index in [4.69, 9.17) is 5.11 Å². The third kappa shape index (κ3) is 1.43. The number of hydrogen-bond acceptors (Lipinski definition) is 2. The Hall–Kier alpha value is -1.06. The minimum atomic E-state index is -0.835. The van der Waals surface area contributed by atoms with Gasteiger partial charge in [0.2, 0.25) is 5.91 Å². The molecule has 4 heteroatoms. The predicted octanol–water partition coefficient (Wildman–Crippen LogP) is 1.25. The molecule has 1 aliphatic heterocycles. The number of carbonyl (C=O) groups is 2. The minimum absolute atomic E-state index is 0.115. The van der Waals surface area contributed by atoms with Crippen LogP contribution in [-0.4, -0.2) is 34.5 Å². The first-order valence-electron chi connectivity index (χ1n) is 6.17. The molecule has 3 fully saturated rings. The third-order valence-corrected chi connectivity index (χ3v) is 4.45. The van der Waals surface area contributed by atoms with Gasteiger partial charge in [-0.25, -0.2) is 4.79 Å². The maximum atomic E-state index is 12.2. The van der Waals surface area contributed by atoms with Crippen LogP contribution in [0.4, 0.5) is 0 Å². The van der Waals surface area contributed by atoms with Crippen LogP contribution >= 0.6 is 0 Å². The van der Waals surface area contributed by atoms with Gasteiger partial charge in [-0.15, -0.1) is 0 Å². The summed E-state index contributed by atoms with van der Waals surface area (Å²) in [6, 6.07) is -0.558. The van der Waals surface area contributed by atoms with Crippen LogP contribution < -0.4 is 0 Å². The SMILES string of the molecule is O=C(O)C1CCCCN1C(=O)C1CC12CC2. The van der Waals surface area contributed by atoms with Crippen LogP contribution in [0.25, 0.3) is 0 Å². The molecule has 0 aromatic heterocycles. The fraction of sp³-hybridized carbons (Fsp3) is 0.833. The molecule has 1 heterocycles. The van der Waals surface area contributed by atoms with E-state index in [1.54, 1.807) is 4.90 Å². The van der Waals surface area contributed by atoms with Crippen LogP contribution in [0.5, 0.6) is 0 Å². The normalized spacial score (nSPS) is 34.9. The number of piperidine rings is 1. The van der Waals surface area contributed by atoms with Gasteiger partial charge in [0.05, 0.1) is 0 Å². The van der Waals surface area contributed by atoms with Crippen LogP contribution in [-0.2, 0) is 9.59 Å². The predicted molar refractivity (Wildman–Crippen MR) is 56.8 cm³/mol. The number of carbonyl (C=O) groups excluding carboxylic acids is 1. The highest BCUT2D eigenvalue weighted by Crippen LogP contribution is 2.71. The van der Waals surface area contributed by atoms with Crippen molar-refractivity contribution < 1.29 is 14.7 Å². The molecule has 0 aromatic rings. The second-order valence-electron chi connectivity index (χ2n) is 5.50. The van der Waals surface area contributed by atoms with Crippen molar-refractivity contribution >= 4 is 11.9 Å². The highest BCUT2D eigenvalue weighted by Gasteiger charge is 2.66. The van der Waals surface area contributed by atoms with E-state index in [2.05, 4.69) is 0 Å². The summed E-state index contributed by atoms with van der Waals surface area (Å²) < 4.78 is 0. The summed E-state index contributed by atoms with van der Waals surface area (Å²) in [7, 11) is 0. The summed E-state index contributed by atoms with van der Waals surface area (Å²) in [6.45, 7) is 0.641. The molecule has 0 bridgehead atoms. The van der Waals surface area contributed by atoms with E-state index in [-0.39, 0.29) is 11.8 Å². The van der Waals surface area contributed by atoms with E-state index < -0.39 is 12.0 Å². The van der Waals surface area contributed by atoms with E-state index in [0.29, 0.717) is 18.4 Å². The number of rotatable bonds is 2. The standard InChI is InChI=1S/C12H17NO3/c14-10(8-7-12(8)4-5-12)13-6-2-1-3-9(13)11(15)16/h8-9H,1-7H2,(H,15,16). The molecular weight excluding hydrogens is 206 g/mol. The highest BCUT2D eigenvalue weighted by molar-refractivity contribution is 5.88. The quantitative estimate of drug-likeness (QED) is 0.766. The zero-order valence-corrected chi connectivity index (χ0v) is 9.32. The lowest BCUT2D eigenvalue weighted by Crippen LogP contribution is -2.48. The van der Waals surface area contributed by atoms with Crippen molar-refractivity contribution in [3.63, 3.8) is 0 Å². The Bertz CT molecular complexity index is 348. The first-order chi connectivity index (χ1) is 7.64. The molecule has 3 rings (SSSR count). The first-order valence-corrected chi connectivity index (χ1v) is 6.17. The summed E-state index contributed by atoms with van der Waals surface area (Å²) >= 11 is 0. The van der Waals surface area contributed by atoms with E-state index in [9.17, 15) is 9.59 Å². The van der Waals surface area contributed by atoms with Crippen LogP contribution in [0, 0.1) is 11.3 Å². The van der Waals surface area contributed by atoms with Crippen molar-refractivity contribution in [1.82, 2.24) is 4.90 Å². The van der Waals surface area contributed by atoms with Gasteiger partial charge in [-0.3, -0.25) is 4.79 Å². The molecule has 1 amide bonds. The monoisotopic (exact) mass is 223 g/mol. The van der Waals surface area contributed by atoms with Crippen molar-refractivity contribution in [3.05, 3.63) is 0 Å². The van der Waals surface area contributed by atoms with Crippen LogP contribution in [0.2, 0.25) is 0 Å². The van der Waals surface area contributed by atoms with Gasteiger partial charge in [-0.1, -0.05) is 0 Å². The fourth-order valence-electron chi connectivity index (χ4n) is 3.06. The Balaban J connectivity index is 1.71. The number of likely N-dealkylation sites (tertiary alicyclic amines) is 1. The number of amides is 1. The lowest BCUT2D eigenvalue weighted by molar-refractivity contribution is -0.152. The summed E-state index contributed by atoms with van der Waals surface area (Å²) in [5.41, 5.74) is 0.331. The molecule has 2 aliphatic carbocycles. The maximum Gasteiger partial charge on any atom is 0.326 e. The number of nitrogens with zero attached hydrogens (tertiary/aromatic N) is 1. The molecule has 88 valence electrons. The zero-order chi connectivity index (χ0) is 11.3. The van der Waals surface area contributed by atoms with Crippen molar-refractivity contribution in [1.29, 1.82) is 0 Å². The van der Waals surface area contributed by atoms with Crippen LogP contribution in [0.3, 0.4) is 0 Å². The molecule has 1 saturated heterocycles.